The monoisotopic (exact) mass is 329 g/mol. The van der Waals surface area contributed by atoms with Crippen molar-refractivity contribution in [3.05, 3.63) is 59.9 Å². The average molecular weight is 329 g/mol. The molecule has 1 aromatic carbocycles. The van der Waals surface area contributed by atoms with Crippen molar-refractivity contribution in [2.24, 2.45) is 0 Å². The topological polar surface area (TPSA) is 67.9 Å². The third-order valence-corrected chi connectivity index (χ3v) is 3.93. The molecule has 0 saturated carbocycles. The molecule has 0 unspecified atom stereocenters. The summed E-state index contributed by atoms with van der Waals surface area (Å²) in [6, 6.07) is 3.96. The van der Waals surface area contributed by atoms with Crippen LogP contribution in [0.3, 0.4) is 0 Å². The van der Waals surface area contributed by atoms with Gasteiger partial charge in [-0.2, -0.15) is 4.98 Å². The second-order valence-electron chi connectivity index (χ2n) is 5.69. The van der Waals surface area contributed by atoms with Crippen molar-refractivity contribution in [1.82, 2.24) is 25.0 Å². The molecule has 1 aliphatic heterocycles. The summed E-state index contributed by atoms with van der Waals surface area (Å²) in [5.41, 5.74) is 1.29. The number of rotatable bonds is 4. The van der Waals surface area contributed by atoms with Crippen LogP contribution in [0.4, 0.5) is 8.78 Å². The average Bonchev–Trinajstić information content (AvgIpc) is 3.04. The van der Waals surface area contributed by atoms with E-state index < -0.39 is 11.6 Å². The molecule has 0 atom stereocenters. The fourth-order valence-corrected chi connectivity index (χ4v) is 2.67. The van der Waals surface area contributed by atoms with Crippen LogP contribution in [-0.4, -0.2) is 38.1 Å². The first-order valence-electron chi connectivity index (χ1n) is 7.45. The molecule has 24 heavy (non-hydrogen) atoms. The van der Waals surface area contributed by atoms with Gasteiger partial charge in [-0.05, 0) is 17.7 Å². The summed E-state index contributed by atoms with van der Waals surface area (Å²) in [6.45, 7) is 2.00. The van der Waals surface area contributed by atoms with E-state index in [1.165, 1.54) is 6.07 Å². The lowest BCUT2D eigenvalue weighted by molar-refractivity contribution is 0.117. The van der Waals surface area contributed by atoms with E-state index in [0.29, 0.717) is 24.0 Å². The van der Waals surface area contributed by atoms with Crippen LogP contribution in [0.2, 0.25) is 0 Å². The fourth-order valence-electron chi connectivity index (χ4n) is 2.67. The molecule has 0 N–H and O–H groups in total. The van der Waals surface area contributed by atoms with E-state index in [9.17, 15) is 8.78 Å². The normalized spacial score (nSPS) is 15.4. The number of halogens is 2. The molecule has 6 nitrogen and oxygen atoms in total. The van der Waals surface area contributed by atoms with Crippen molar-refractivity contribution in [3.63, 3.8) is 0 Å². The zero-order valence-electron chi connectivity index (χ0n) is 12.6. The molecule has 0 spiro atoms. The van der Waals surface area contributed by atoms with Gasteiger partial charge >= 0.3 is 0 Å². The Morgan fingerprint density at radius 2 is 2.04 bits per heavy atom. The Kier molecular flexibility index (Phi) is 3.73. The zero-order chi connectivity index (χ0) is 16.5. The second-order valence-corrected chi connectivity index (χ2v) is 5.69. The summed E-state index contributed by atoms with van der Waals surface area (Å²) in [6.07, 6.45) is 4.72. The van der Waals surface area contributed by atoms with E-state index in [1.807, 2.05) is 0 Å². The number of hydrogen-bond donors (Lipinski definition) is 0. The van der Waals surface area contributed by atoms with Gasteiger partial charge in [-0.25, -0.2) is 13.8 Å². The molecule has 1 saturated heterocycles. The van der Waals surface area contributed by atoms with Crippen LogP contribution < -0.4 is 0 Å². The predicted octanol–water partition coefficient (Wildman–Crippen LogP) is 2.40. The first-order valence-corrected chi connectivity index (χ1v) is 7.45. The number of likely N-dealkylation sites (tertiary alicyclic amines) is 1. The highest BCUT2D eigenvalue weighted by Gasteiger charge is 2.32. The van der Waals surface area contributed by atoms with Gasteiger partial charge in [0.25, 0.3) is 0 Å². The zero-order valence-corrected chi connectivity index (χ0v) is 12.6. The Hall–Kier alpha value is -2.74. The van der Waals surface area contributed by atoms with Gasteiger partial charge in [0.2, 0.25) is 11.7 Å². The van der Waals surface area contributed by atoms with Crippen LogP contribution in [0.1, 0.15) is 17.4 Å². The molecule has 8 heteroatoms. The molecule has 1 fully saturated rings. The number of nitrogens with zero attached hydrogens (tertiary/aromatic N) is 5. The third-order valence-electron chi connectivity index (χ3n) is 3.93. The lowest BCUT2D eigenvalue weighted by Crippen LogP contribution is -2.44. The van der Waals surface area contributed by atoms with E-state index in [0.717, 1.165) is 24.7 Å². The Balaban J connectivity index is 1.37. The number of benzene rings is 1. The standard InChI is InChI=1S/C16H13F2N5O/c17-12-2-1-10(5-13(12)18)7-23-8-11(9-23)16-21-15(22-24-16)14-6-19-3-4-20-14/h1-6,11H,7-9H2. The maximum Gasteiger partial charge on any atom is 0.232 e. The maximum absolute atomic E-state index is 13.2. The van der Waals surface area contributed by atoms with E-state index in [1.54, 1.807) is 24.7 Å². The largest absolute Gasteiger partial charge is 0.339 e. The summed E-state index contributed by atoms with van der Waals surface area (Å²) in [5.74, 6) is -0.555. The van der Waals surface area contributed by atoms with Gasteiger partial charge in [0.1, 0.15) is 5.69 Å². The summed E-state index contributed by atoms with van der Waals surface area (Å²) in [7, 11) is 0. The summed E-state index contributed by atoms with van der Waals surface area (Å²) >= 11 is 0. The molecular formula is C16H13F2N5O. The lowest BCUT2D eigenvalue weighted by Gasteiger charge is -2.37. The van der Waals surface area contributed by atoms with E-state index in [-0.39, 0.29) is 5.92 Å². The van der Waals surface area contributed by atoms with E-state index >= 15 is 0 Å². The first kappa shape index (κ1) is 14.8. The van der Waals surface area contributed by atoms with Crippen LogP contribution in [0.15, 0.2) is 41.3 Å². The van der Waals surface area contributed by atoms with Crippen LogP contribution in [0, 0.1) is 11.6 Å². The SMILES string of the molecule is Fc1ccc(CN2CC(c3nc(-c4cnccn4)no3)C2)cc1F. The van der Waals surface area contributed by atoms with Crippen molar-refractivity contribution in [1.29, 1.82) is 0 Å². The molecule has 0 bridgehead atoms. The minimum atomic E-state index is -0.831. The third kappa shape index (κ3) is 2.88. The highest BCUT2D eigenvalue weighted by atomic mass is 19.2. The van der Waals surface area contributed by atoms with Gasteiger partial charge < -0.3 is 4.52 Å². The molecular weight excluding hydrogens is 316 g/mol. The van der Waals surface area contributed by atoms with Crippen LogP contribution >= 0.6 is 0 Å². The van der Waals surface area contributed by atoms with Crippen LogP contribution in [-0.2, 0) is 6.54 Å². The Morgan fingerprint density at radius 1 is 1.17 bits per heavy atom. The molecule has 1 aliphatic rings. The molecule has 4 rings (SSSR count). The second kappa shape index (κ2) is 6.04. The highest BCUT2D eigenvalue weighted by Crippen LogP contribution is 2.28. The van der Waals surface area contributed by atoms with E-state index in [2.05, 4.69) is 25.0 Å². The van der Waals surface area contributed by atoms with Crippen molar-refractivity contribution in [2.45, 2.75) is 12.5 Å². The van der Waals surface area contributed by atoms with Crippen molar-refractivity contribution < 1.29 is 13.3 Å². The van der Waals surface area contributed by atoms with Crippen LogP contribution in [0.5, 0.6) is 0 Å². The summed E-state index contributed by atoms with van der Waals surface area (Å²) in [5, 5.41) is 3.92. The van der Waals surface area contributed by atoms with E-state index in [4.69, 9.17) is 4.52 Å². The quantitative estimate of drug-likeness (QED) is 0.732. The highest BCUT2D eigenvalue weighted by molar-refractivity contribution is 5.45. The molecule has 0 aliphatic carbocycles. The van der Waals surface area contributed by atoms with Gasteiger partial charge in [0.15, 0.2) is 11.6 Å². The van der Waals surface area contributed by atoms with Gasteiger partial charge in [-0.3, -0.25) is 9.88 Å². The van der Waals surface area contributed by atoms with Crippen molar-refractivity contribution in [2.75, 3.05) is 13.1 Å². The van der Waals surface area contributed by atoms with Gasteiger partial charge in [-0.1, -0.05) is 11.2 Å². The molecule has 0 radical (unpaired) electrons. The maximum atomic E-state index is 13.2. The predicted molar refractivity (Wildman–Crippen MR) is 79.7 cm³/mol. The van der Waals surface area contributed by atoms with Gasteiger partial charge in [0.05, 0.1) is 12.1 Å². The van der Waals surface area contributed by atoms with Crippen LogP contribution in [0.25, 0.3) is 11.5 Å². The summed E-state index contributed by atoms with van der Waals surface area (Å²) in [4.78, 5) is 14.6. The van der Waals surface area contributed by atoms with Gasteiger partial charge in [-0.15, -0.1) is 0 Å². The number of aromatic nitrogens is 4. The Morgan fingerprint density at radius 3 is 2.79 bits per heavy atom. The van der Waals surface area contributed by atoms with Gasteiger partial charge in [0, 0.05) is 32.0 Å². The lowest BCUT2D eigenvalue weighted by atomic mass is 9.99. The smallest absolute Gasteiger partial charge is 0.232 e. The fraction of sp³-hybridized carbons (Fsp3) is 0.250. The molecule has 3 heterocycles. The molecule has 3 aromatic rings. The molecule has 2 aromatic heterocycles. The number of hydrogen-bond acceptors (Lipinski definition) is 6. The Labute approximate surface area is 136 Å². The minimum absolute atomic E-state index is 0.133. The Bertz CT molecular complexity index is 849. The summed E-state index contributed by atoms with van der Waals surface area (Å²) < 4.78 is 31.4. The molecule has 122 valence electrons. The van der Waals surface area contributed by atoms with Crippen molar-refractivity contribution in [3.8, 4) is 11.5 Å². The first-order chi connectivity index (χ1) is 11.7. The van der Waals surface area contributed by atoms with Crippen molar-refractivity contribution >= 4 is 0 Å². The minimum Gasteiger partial charge on any atom is -0.339 e. The molecule has 0 amide bonds.